The molecule has 2 unspecified atom stereocenters. The number of carbonyl (C=O) groups excluding carboxylic acids is 2. The summed E-state index contributed by atoms with van der Waals surface area (Å²) >= 11 is 13.2. The van der Waals surface area contributed by atoms with Crippen molar-refractivity contribution in [2.45, 2.75) is 75.8 Å². The van der Waals surface area contributed by atoms with Crippen molar-refractivity contribution < 1.29 is 29.3 Å². The maximum atomic E-state index is 13.1. The predicted molar refractivity (Wildman–Crippen MR) is 123 cm³/mol. The number of aliphatic hydroxyl groups is 1. The maximum Gasteiger partial charge on any atom is 0.338 e. The number of esters is 1. The number of Topliss-reactive ketones (excluding diaryl/α,β-unsaturated/α-hetero) is 1. The van der Waals surface area contributed by atoms with Crippen molar-refractivity contribution in [2.75, 3.05) is 0 Å². The van der Waals surface area contributed by atoms with E-state index >= 15 is 0 Å². The fourth-order valence-electron chi connectivity index (χ4n) is 4.38. The molecule has 1 fully saturated rings. The van der Waals surface area contributed by atoms with Crippen LogP contribution in [0.25, 0.3) is 0 Å². The summed E-state index contributed by atoms with van der Waals surface area (Å²) in [7, 11) is 0. The summed E-state index contributed by atoms with van der Waals surface area (Å²) in [4.78, 5) is 37.2. The second kappa shape index (κ2) is 11.5. The SMILES string of the molecule is CCCCC(C)(C)C(=O)C(Cl)C(Cl)[C@H]1[C@@H](CC(=O)O)[C@@H](O)C[C@H]1OC(=O)c1ccccc1. The van der Waals surface area contributed by atoms with Crippen molar-refractivity contribution in [2.24, 2.45) is 17.3 Å². The van der Waals surface area contributed by atoms with Gasteiger partial charge in [-0.15, -0.1) is 23.2 Å². The number of aliphatic hydroxyl groups excluding tert-OH is 1. The molecule has 32 heavy (non-hydrogen) atoms. The number of hydrogen-bond acceptors (Lipinski definition) is 5. The molecule has 2 rings (SSSR count). The lowest BCUT2D eigenvalue weighted by molar-refractivity contribution is -0.139. The molecule has 2 N–H and O–H groups in total. The number of benzene rings is 1. The highest BCUT2D eigenvalue weighted by Gasteiger charge is 2.52. The van der Waals surface area contributed by atoms with E-state index < -0.39 is 52.2 Å². The molecule has 1 aliphatic rings. The summed E-state index contributed by atoms with van der Waals surface area (Å²) in [6.07, 6.45) is 0.188. The van der Waals surface area contributed by atoms with Gasteiger partial charge in [0.2, 0.25) is 0 Å². The lowest BCUT2D eigenvalue weighted by Gasteiger charge is -2.33. The summed E-state index contributed by atoms with van der Waals surface area (Å²) in [5.41, 5.74) is -0.376. The van der Waals surface area contributed by atoms with Crippen LogP contribution in [0.3, 0.4) is 0 Å². The van der Waals surface area contributed by atoms with E-state index in [1.165, 1.54) is 0 Å². The zero-order valence-corrected chi connectivity index (χ0v) is 20.2. The highest BCUT2D eigenvalue weighted by molar-refractivity contribution is 6.38. The van der Waals surface area contributed by atoms with Crippen LogP contribution in [0.5, 0.6) is 0 Å². The molecule has 8 heteroatoms. The molecular formula is C24H32Cl2O6. The number of ketones is 1. The summed E-state index contributed by atoms with van der Waals surface area (Å²) in [5.74, 6) is -3.54. The smallest absolute Gasteiger partial charge is 0.338 e. The van der Waals surface area contributed by atoms with Gasteiger partial charge in [0, 0.05) is 23.7 Å². The minimum atomic E-state index is -1.12. The van der Waals surface area contributed by atoms with Gasteiger partial charge in [-0.05, 0) is 18.6 Å². The molecule has 1 aromatic rings. The Morgan fingerprint density at radius 3 is 2.38 bits per heavy atom. The molecule has 1 saturated carbocycles. The van der Waals surface area contributed by atoms with Crippen molar-refractivity contribution in [3.63, 3.8) is 0 Å². The van der Waals surface area contributed by atoms with E-state index in [9.17, 15) is 24.6 Å². The molecule has 178 valence electrons. The molecule has 1 aromatic carbocycles. The minimum Gasteiger partial charge on any atom is -0.481 e. The lowest BCUT2D eigenvalue weighted by Crippen LogP contribution is -2.44. The van der Waals surface area contributed by atoms with Gasteiger partial charge in [-0.2, -0.15) is 0 Å². The molecule has 0 aromatic heterocycles. The van der Waals surface area contributed by atoms with Crippen LogP contribution in [0, 0.1) is 17.3 Å². The first-order valence-corrected chi connectivity index (χ1v) is 11.8. The van der Waals surface area contributed by atoms with Gasteiger partial charge in [-0.3, -0.25) is 9.59 Å². The number of ether oxygens (including phenoxy) is 1. The monoisotopic (exact) mass is 486 g/mol. The van der Waals surface area contributed by atoms with Gasteiger partial charge in [0.1, 0.15) is 11.5 Å². The molecular weight excluding hydrogens is 455 g/mol. The van der Waals surface area contributed by atoms with Crippen LogP contribution in [-0.2, 0) is 14.3 Å². The minimum absolute atomic E-state index is 0.0292. The van der Waals surface area contributed by atoms with Gasteiger partial charge in [-0.25, -0.2) is 4.79 Å². The second-order valence-electron chi connectivity index (χ2n) is 9.15. The number of hydrogen-bond donors (Lipinski definition) is 2. The van der Waals surface area contributed by atoms with Gasteiger partial charge >= 0.3 is 11.9 Å². The summed E-state index contributed by atoms with van der Waals surface area (Å²) < 4.78 is 5.65. The van der Waals surface area contributed by atoms with E-state index in [2.05, 4.69) is 0 Å². The summed E-state index contributed by atoms with van der Waals surface area (Å²) in [6.45, 7) is 5.66. The highest BCUT2D eigenvalue weighted by Crippen LogP contribution is 2.44. The molecule has 0 radical (unpaired) electrons. The average molecular weight is 487 g/mol. The van der Waals surface area contributed by atoms with Gasteiger partial charge in [-0.1, -0.05) is 51.8 Å². The van der Waals surface area contributed by atoms with Gasteiger partial charge in [0.15, 0.2) is 5.78 Å². The third kappa shape index (κ3) is 6.46. The van der Waals surface area contributed by atoms with Crippen LogP contribution in [0.15, 0.2) is 30.3 Å². The summed E-state index contributed by atoms with van der Waals surface area (Å²) in [5, 5.41) is 17.8. The molecule has 0 bridgehead atoms. The number of unbranched alkanes of at least 4 members (excludes halogenated alkanes) is 1. The van der Waals surface area contributed by atoms with Gasteiger partial charge in [0.25, 0.3) is 0 Å². The fourth-order valence-corrected chi connectivity index (χ4v) is 5.31. The molecule has 0 spiro atoms. The van der Waals surface area contributed by atoms with Crippen LogP contribution >= 0.6 is 23.2 Å². The molecule has 0 aliphatic heterocycles. The van der Waals surface area contributed by atoms with Crippen LogP contribution in [0.2, 0.25) is 0 Å². The average Bonchev–Trinajstić information content (AvgIpc) is 3.05. The van der Waals surface area contributed by atoms with Crippen LogP contribution in [0.4, 0.5) is 0 Å². The maximum absolute atomic E-state index is 13.1. The predicted octanol–water partition coefficient (Wildman–Crippen LogP) is 4.68. The third-order valence-corrected chi connectivity index (χ3v) is 7.43. The van der Waals surface area contributed by atoms with Crippen LogP contribution in [0.1, 0.15) is 63.2 Å². The Morgan fingerprint density at radius 2 is 1.81 bits per heavy atom. The number of carboxylic acid groups (broad SMARTS) is 1. The van der Waals surface area contributed by atoms with Gasteiger partial charge < -0.3 is 14.9 Å². The quantitative estimate of drug-likeness (QED) is 0.347. The van der Waals surface area contributed by atoms with E-state index in [0.717, 1.165) is 12.8 Å². The topological polar surface area (TPSA) is 101 Å². The van der Waals surface area contributed by atoms with E-state index in [0.29, 0.717) is 12.0 Å². The lowest BCUT2D eigenvalue weighted by atomic mass is 9.78. The fraction of sp³-hybridized carbons (Fsp3) is 0.625. The second-order valence-corrected chi connectivity index (χ2v) is 10.1. The first kappa shape index (κ1) is 26.6. The van der Waals surface area contributed by atoms with Crippen molar-refractivity contribution in [3.8, 4) is 0 Å². The third-order valence-electron chi connectivity index (χ3n) is 6.29. The molecule has 1 aliphatic carbocycles. The Morgan fingerprint density at radius 1 is 1.19 bits per heavy atom. The van der Waals surface area contributed by atoms with Crippen molar-refractivity contribution in [1.82, 2.24) is 0 Å². The van der Waals surface area contributed by atoms with E-state index in [1.54, 1.807) is 30.3 Å². The van der Waals surface area contributed by atoms with Crippen LogP contribution in [-0.4, -0.2) is 50.9 Å². The first-order chi connectivity index (χ1) is 15.0. The Kier molecular flexibility index (Phi) is 9.55. The number of rotatable bonds is 11. The number of carboxylic acids is 1. The van der Waals surface area contributed by atoms with Crippen molar-refractivity contribution >= 4 is 40.9 Å². The van der Waals surface area contributed by atoms with Crippen molar-refractivity contribution in [1.29, 1.82) is 0 Å². The Labute approximate surface area is 199 Å². The largest absolute Gasteiger partial charge is 0.481 e. The van der Waals surface area contributed by atoms with Gasteiger partial charge in [0.05, 0.1) is 23.5 Å². The molecule has 0 saturated heterocycles. The van der Waals surface area contributed by atoms with Crippen LogP contribution < -0.4 is 0 Å². The molecule has 6 nitrogen and oxygen atoms in total. The molecule has 0 amide bonds. The number of halogens is 2. The Hall–Kier alpha value is -1.63. The van der Waals surface area contributed by atoms with E-state index in [-0.39, 0.29) is 18.6 Å². The van der Waals surface area contributed by atoms with Crippen molar-refractivity contribution in [3.05, 3.63) is 35.9 Å². The number of carbonyl (C=O) groups is 3. The summed E-state index contributed by atoms with van der Waals surface area (Å²) in [6, 6.07) is 8.35. The molecule has 0 heterocycles. The normalized spacial score (nSPS) is 25.2. The van der Waals surface area contributed by atoms with E-state index in [4.69, 9.17) is 27.9 Å². The van der Waals surface area contributed by atoms with E-state index in [1.807, 2.05) is 20.8 Å². The highest BCUT2D eigenvalue weighted by atomic mass is 35.5. The molecule has 6 atom stereocenters. The first-order valence-electron chi connectivity index (χ1n) is 11.0. The Balaban J connectivity index is 2.28. The number of alkyl halides is 2. The zero-order chi connectivity index (χ0) is 24.1. The standard InChI is InChI=1S/C24H32Cl2O6/c1-4-5-11-24(2,3)22(30)21(26)20(25)19-15(12-18(28)29)16(27)13-17(19)32-23(31)14-9-7-6-8-10-14/h6-10,15-17,19-21,27H,4-5,11-13H2,1-3H3,(H,28,29)/t15-,16-,17+,19-,20?,21?/m0/s1. The Bertz CT molecular complexity index is 797. The zero-order valence-electron chi connectivity index (χ0n) is 18.7. The number of aliphatic carboxylic acids is 1.